The van der Waals surface area contributed by atoms with Gasteiger partial charge in [0.15, 0.2) is 0 Å². The molecule has 0 bridgehead atoms. The number of carboxylic acids is 1. The van der Waals surface area contributed by atoms with Gasteiger partial charge < -0.3 is 20.5 Å². The summed E-state index contributed by atoms with van der Waals surface area (Å²) in [4.78, 5) is 23.3. The number of halogens is 1. The van der Waals surface area contributed by atoms with Gasteiger partial charge in [0.1, 0.15) is 5.54 Å². The van der Waals surface area contributed by atoms with E-state index in [0.717, 1.165) is 10.0 Å². The maximum atomic E-state index is 11.9. The van der Waals surface area contributed by atoms with Crippen LogP contribution in [0.5, 0.6) is 0 Å². The third kappa shape index (κ3) is 4.18. The standard InChI is InChI=1S/C14H17BrN2O4/c15-11-3-1-10(2-4-11)9-16-13(20)17-14(12(18)19)5-7-21-8-6-14/h1-4H,5-9H2,(H,18,19)(H2,16,17,20). The van der Waals surface area contributed by atoms with E-state index in [2.05, 4.69) is 26.6 Å². The largest absolute Gasteiger partial charge is 0.480 e. The van der Waals surface area contributed by atoms with Crippen LogP contribution in [0.2, 0.25) is 0 Å². The topological polar surface area (TPSA) is 87.7 Å². The lowest BCUT2D eigenvalue weighted by Gasteiger charge is -2.33. The lowest BCUT2D eigenvalue weighted by Crippen LogP contribution is -2.59. The molecule has 21 heavy (non-hydrogen) atoms. The highest BCUT2D eigenvalue weighted by molar-refractivity contribution is 9.10. The number of carbonyl (C=O) groups excluding carboxylic acids is 1. The van der Waals surface area contributed by atoms with Crippen molar-refractivity contribution in [3.63, 3.8) is 0 Å². The van der Waals surface area contributed by atoms with E-state index in [4.69, 9.17) is 4.74 Å². The first-order chi connectivity index (χ1) is 10.0. The van der Waals surface area contributed by atoms with E-state index >= 15 is 0 Å². The molecule has 6 nitrogen and oxygen atoms in total. The Hall–Kier alpha value is -1.60. The molecule has 1 saturated heterocycles. The van der Waals surface area contributed by atoms with Crippen LogP contribution in [0.25, 0.3) is 0 Å². The molecule has 2 amide bonds. The summed E-state index contributed by atoms with van der Waals surface area (Å²) in [5, 5.41) is 14.6. The molecule has 114 valence electrons. The van der Waals surface area contributed by atoms with Gasteiger partial charge in [0.05, 0.1) is 0 Å². The fourth-order valence-electron chi connectivity index (χ4n) is 2.16. The summed E-state index contributed by atoms with van der Waals surface area (Å²) < 4.78 is 6.12. The molecule has 3 N–H and O–H groups in total. The number of nitrogens with one attached hydrogen (secondary N) is 2. The van der Waals surface area contributed by atoms with Gasteiger partial charge in [-0.2, -0.15) is 0 Å². The molecule has 1 aromatic carbocycles. The number of benzene rings is 1. The maximum Gasteiger partial charge on any atom is 0.329 e. The van der Waals surface area contributed by atoms with Gasteiger partial charge in [0.2, 0.25) is 0 Å². The smallest absolute Gasteiger partial charge is 0.329 e. The molecule has 1 heterocycles. The average molecular weight is 357 g/mol. The van der Waals surface area contributed by atoms with Crippen LogP contribution in [0, 0.1) is 0 Å². The molecule has 0 unspecified atom stereocenters. The van der Waals surface area contributed by atoms with Crippen molar-refractivity contribution < 1.29 is 19.4 Å². The molecular formula is C14H17BrN2O4. The van der Waals surface area contributed by atoms with Crippen molar-refractivity contribution in [2.75, 3.05) is 13.2 Å². The van der Waals surface area contributed by atoms with E-state index in [9.17, 15) is 14.7 Å². The first-order valence-corrected chi connectivity index (χ1v) is 7.43. The summed E-state index contributed by atoms with van der Waals surface area (Å²) in [6.45, 7) is 1.00. The maximum absolute atomic E-state index is 11.9. The van der Waals surface area contributed by atoms with Crippen LogP contribution in [0.15, 0.2) is 28.7 Å². The number of carboxylic acid groups (broad SMARTS) is 1. The minimum atomic E-state index is -1.23. The molecule has 0 spiro atoms. The Morgan fingerprint density at radius 1 is 1.24 bits per heavy atom. The van der Waals surface area contributed by atoms with Crippen LogP contribution in [0.3, 0.4) is 0 Å². The van der Waals surface area contributed by atoms with Crippen molar-refractivity contribution in [1.29, 1.82) is 0 Å². The zero-order valence-electron chi connectivity index (χ0n) is 11.4. The Bertz CT molecular complexity index is 512. The van der Waals surface area contributed by atoms with Crippen molar-refractivity contribution in [3.8, 4) is 0 Å². The summed E-state index contributed by atoms with van der Waals surface area (Å²) in [6.07, 6.45) is 0.544. The number of aliphatic carboxylic acids is 1. The lowest BCUT2D eigenvalue weighted by atomic mass is 9.90. The highest BCUT2D eigenvalue weighted by Crippen LogP contribution is 2.21. The van der Waals surface area contributed by atoms with Crippen LogP contribution >= 0.6 is 15.9 Å². The monoisotopic (exact) mass is 356 g/mol. The Balaban J connectivity index is 1.90. The van der Waals surface area contributed by atoms with Crippen molar-refractivity contribution in [2.45, 2.75) is 24.9 Å². The van der Waals surface area contributed by atoms with Crippen molar-refractivity contribution >= 4 is 27.9 Å². The first kappa shape index (κ1) is 15.8. The van der Waals surface area contributed by atoms with Gasteiger partial charge in [0, 0.05) is 37.1 Å². The van der Waals surface area contributed by atoms with Crippen LogP contribution in [-0.2, 0) is 16.1 Å². The fraction of sp³-hybridized carbons (Fsp3) is 0.429. The molecule has 1 aromatic rings. The Kier molecular flexibility index (Phi) is 5.19. The number of urea groups is 1. The van der Waals surface area contributed by atoms with Gasteiger partial charge >= 0.3 is 12.0 Å². The van der Waals surface area contributed by atoms with Crippen LogP contribution in [0.4, 0.5) is 4.79 Å². The minimum Gasteiger partial charge on any atom is -0.480 e. The second-order valence-corrected chi connectivity index (χ2v) is 5.85. The SMILES string of the molecule is O=C(NCc1ccc(Br)cc1)NC1(C(=O)O)CCOCC1. The second kappa shape index (κ2) is 6.91. The van der Waals surface area contributed by atoms with Crippen LogP contribution in [0.1, 0.15) is 18.4 Å². The van der Waals surface area contributed by atoms with Crippen molar-refractivity contribution in [3.05, 3.63) is 34.3 Å². The Labute approximate surface area is 131 Å². The number of carbonyl (C=O) groups is 2. The van der Waals surface area contributed by atoms with E-state index in [0.29, 0.717) is 19.8 Å². The van der Waals surface area contributed by atoms with Crippen LogP contribution in [-0.4, -0.2) is 35.9 Å². The van der Waals surface area contributed by atoms with Gasteiger partial charge in [0.25, 0.3) is 0 Å². The highest BCUT2D eigenvalue weighted by atomic mass is 79.9. The molecule has 0 saturated carbocycles. The Morgan fingerprint density at radius 3 is 2.43 bits per heavy atom. The number of hydrogen-bond donors (Lipinski definition) is 3. The zero-order chi connectivity index (χ0) is 15.3. The van der Waals surface area contributed by atoms with E-state index in [-0.39, 0.29) is 12.8 Å². The average Bonchev–Trinajstić information content (AvgIpc) is 2.47. The molecule has 7 heteroatoms. The molecule has 1 aliphatic heterocycles. The Morgan fingerprint density at radius 2 is 1.86 bits per heavy atom. The van der Waals surface area contributed by atoms with E-state index in [1.807, 2.05) is 24.3 Å². The number of amides is 2. The van der Waals surface area contributed by atoms with E-state index < -0.39 is 17.5 Å². The summed E-state index contributed by atoms with van der Waals surface area (Å²) in [6, 6.07) is 7.04. The third-order valence-corrected chi connectivity index (χ3v) is 4.00. The normalized spacial score (nSPS) is 17.0. The third-order valence-electron chi connectivity index (χ3n) is 3.47. The number of hydrogen-bond acceptors (Lipinski definition) is 3. The molecule has 0 aliphatic carbocycles. The molecular weight excluding hydrogens is 340 g/mol. The number of rotatable bonds is 4. The van der Waals surface area contributed by atoms with E-state index in [1.165, 1.54) is 0 Å². The second-order valence-electron chi connectivity index (χ2n) is 4.93. The zero-order valence-corrected chi connectivity index (χ0v) is 13.0. The van der Waals surface area contributed by atoms with Gasteiger partial charge in [-0.3, -0.25) is 0 Å². The quantitative estimate of drug-likeness (QED) is 0.768. The molecule has 1 fully saturated rings. The van der Waals surface area contributed by atoms with Gasteiger partial charge in [-0.05, 0) is 17.7 Å². The number of ether oxygens (including phenoxy) is 1. The van der Waals surface area contributed by atoms with Crippen molar-refractivity contribution in [1.82, 2.24) is 10.6 Å². The summed E-state index contributed by atoms with van der Waals surface area (Å²) in [5.74, 6) is -1.02. The van der Waals surface area contributed by atoms with Gasteiger partial charge in [-0.15, -0.1) is 0 Å². The van der Waals surface area contributed by atoms with Gasteiger partial charge in [-0.1, -0.05) is 28.1 Å². The summed E-state index contributed by atoms with van der Waals surface area (Å²) in [7, 11) is 0. The predicted octanol–water partition coefficient (Wildman–Crippen LogP) is 1.88. The van der Waals surface area contributed by atoms with Crippen LogP contribution < -0.4 is 10.6 Å². The van der Waals surface area contributed by atoms with Crippen molar-refractivity contribution in [2.24, 2.45) is 0 Å². The molecule has 2 rings (SSSR count). The first-order valence-electron chi connectivity index (χ1n) is 6.63. The summed E-state index contributed by atoms with van der Waals surface area (Å²) in [5.41, 5.74) is -0.299. The van der Waals surface area contributed by atoms with Gasteiger partial charge in [-0.25, -0.2) is 9.59 Å². The predicted molar refractivity (Wildman–Crippen MR) is 79.9 cm³/mol. The minimum absolute atomic E-state index is 0.272. The lowest BCUT2D eigenvalue weighted by molar-refractivity contribution is -0.148. The molecule has 1 aliphatic rings. The molecule has 0 aromatic heterocycles. The molecule has 0 radical (unpaired) electrons. The van der Waals surface area contributed by atoms with E-state index in [1.54, 1.807) is 0 Å². The summed E-state index contributed by atoms with van der Waals surface area (Å²) >= 11 is 3.34. The fourth-order valence-corrected chi connectivity index (χ4v) is 2.42. The highest BCUT2D eigenvalue weighted by Gasteiger charge is 2.41. The molecule has 0 atom stereocenters.